The van der Waals surface area contributed by atoms with Crippen molar-refractivity contribution in [2.75, 3.05) is 0 Å². The van der Waals surface area contributed by atoms with Crippen molar-refractivity contribution in [3.8, 4) is 5.69 Å². The fourth-order valence-electron chi connectivity index (χ4n) is 1.57. The summed E-state index contributed by atoms with van der Waals surface area (Å²) in [5, 5.41) is 8.15. The Balaban J connectivity index is 2.26. The molecule has 0 aliphatic carbocycles. The molecule has 3 rings (SSSR count). The van der Waals surface area contributed by atoms with Crippen molar-refractivity contribution in [3.05, 3.63) is 42.4 Å². The molecule has 78 valence electrons. The van der Waals surface area contributed by atoms with E-state index < -0.39 is 0 Å². The van der Waals surface area contributed by atoms with Crippen LogP contribution in [0.5, 0.6) is 0 Å². The van der Waals surface area contributed by atoms with Crippen LogP contribution in [0.1, 0.15) is 5.56 Å². The van der Waals surface area contributed by atoms with Gasteiger partial charge < -0.3 is 0 Å². The first-order chi connectivity index (χ1) is 7.84. The maximum absolute atomic E-state index is 4.33. The van der Waals surface area contributed by atoms with Gasteiger partial charge in [0.2, 0.25) is 0 Å². The number of hydrogen-bond acceptors (Lipinski definition) is 4. The smallest absolute Gasteiger partial charge is 0.183 e. The summed E-state index contributed by atoms with van der Waals surface area (Å²) in [5.74, 6) is 0. The predicted octanol–water partition coefficient (Wildman–Crippen LogP) is 1.52. The molecule has 0 unspecified atom stereocenters. The van der Waals surface area contributed by atoms with Crippen molar-refractivity contribution < 1.29 is 0 Å². The van der Waals surface area contributed by atoms with Crippen LogP contribution in [0.15, 0.2) is 36.8 Å². The molecule has 0 spiro atoms. The van der Waals surface area contributed by atoms with Crippen LogP contribution in [0.2, 0.25) is 0 Å². The molecule has 0 saturated heterocycles. The number of aromatic nitrogens is 5. The molecule has 3 aromatic heterocycles. The third-order valence-electron chi connectivity index (χ3n) is 2.32. The van der Waals surface area contributed by atoms with E-state index in [2.05, 4.69) is 20.3 Å². The van der Waals surface area contributed by atoms with Gasteiger partial charge >= 0.3 is 0 Å². The van der Waals surface area contributed by atoms with E-state index in [-0.39, 0.29) is 0 Å². The van der Waals surface area contributed by atoms with E-state index in [1.807, 2.05) is 25.1 Å². The van der Waals surface area contributed by atoms with Crippen LogP contribution in [0.3, 0.4) is 0 Å². The molecule has 0 N–H and O–H groups in total. The van der Waals surface area contributed by atoms with E-state index in [0.717, 1.165) is 22.4 Å². The fourth-order valence-corrected chi connectivity index (χ4v) is 1.57. The molecule has 3 aromatic rings. The zero-order valence-electron chi connectivity index (χ0n) is 8.70. The lowest BCUT2D eigenvalue weighted by molar-refractivity contribution is 0.813. The van der Waals surface area contributed by atoms with Gasteiger partial charge in [0.05, 0.1) is 11.9 Å². The van der Waals surface area contributed by atoms with Crippen LogP contribution in [0, 0.1) is 6.92 Å². The van der Waals surface area contributed by atoms with Gasteiger partial charge in [-0.1, -0.05) is 5.21 Å². The number of hydrogen-bond donors (Lipinski definition) is 0. The highest BCUT2D eigenvalue weighted by atomic mass is 15.4. The SMILES string of the molecule is Cc1cnc2c(c1)nnn2-c1cccnc1. The van der Waals surface area contributed by atoms with Crippen molar-refractivity contribution in [1.29, 1.82) is 0 Å². The van der Waals surface area contributed by atoms with E-state index in [0.29, 0.717) is 0 Å². The van der Waals surface area contributed by atoms with Gasteiger partial charge in [0, 0.05) is 12.4 Å². The van der Waals surface area contributed by atoms with Gasteiger partial charge in [-0.2, -0.15) is 4.68 Å². The highest BCUT2D eigenvalue weighted by Crippen LogP contribution is 2.13. The maximum Gasteiger partial charge on any atom is 0.183 e. The third-order valence-corrected chi connectivity index (χ3v) is 2.32. The van der Waals surface area contributed by atoms with Crippen molar-refractivity contribution in [2.24, 2.45) is 0 Å². The molecule has 0 atom stereocenters. The normalized spacial score (nSPS) is 10.8. The summed E-state index contributed by atoms with van der Waals surface area (Å²) in [4.78, 5) is 8.38. The van der Waals surface area contributed by atoms with Gasteiger partial charge in [-0.3, -0.25) is 4.98 Å². The molecule has 0 aliphatic heterocycles. The second kappa shape index (κ2) is 3.37. The first kappa shape index (κ1) is 8.96. The third kappa shape index (κ3) is 1.33. The summed E-state index contributed by atoms with van der Waals surface area (Å²) >= 11 is 0. The molecule has 0 amide bonds. The second-order valence-electron chi connectivity index (χ2n) is 3.57. The van der Waals surface area contributed by atoms with Crippen LogP contribution in [-0.4, -0.2) is 25.0 Å². The molecule has 16 heavy (non-hydrogen) atoms. The highest BCUT2D eigenvalue weighted by Gasteiger charge is 2.07. The quantitative estimate of drug-likeness (QED) is 0.612. The lowest BCUT2D eigenvalue weighted by Crippen LogP contribution is -1.98. The van der Waals surface area contributed by atoms with Gasteiger partial charge in [0.1, 0.15) is 5.52 Å². The fraction of sp³-hybridized carbons (Fsp3) is 0.0909. The van der Waals surface area contributed by atoms with Gasteiger partial charge in [-0.25, -0.2) is 4.98 Å². The molecule has 0 aromatic carbocycles. The lowest BCUT2D eigenvalue weighted by atomic mass is 10.3. The molecular formula is C11H9N5. The van der Waals surface area contributed by atoms with Crippen LogP contribution < -0.4 is 0 Å². The Bertz CT molecular complexity index is 629. The van der Waals surface area contributed by atoms with Crippen molar-refractivity contribution in [2.45, 2.75) is 6.92 Å². The summed E-state index contributed by atoms with van der Waals surface area (Å²) in [5.41, 5.74) is 3.48. The zero-order chi connectivity index (χ0) is 11.0. The highest BCUT2D eigenvalue weighted by molar-refractivity contribution is 5.71. The van der Waals surface area contributed by atoms with Crippen LogP contribution in [0.25, 0.3) is 16.9 Å². The molecule has 0 fully saturated rings. The molecule has 0 radical (unpaired) electrons. The summed E-state index contributed by atoms with van der Waals surface area (Å²) in [7, 11) is 0. The van der Waals surface area contributed by atoms with Crippen molar-refractivity contribution in [3.63, 3.8) is 0 Å². The molecule has 0 saturated carbocycles. The van der Waals surface area contributed by atoms with Crippen molar-refractivity contribution >= 4 is 11.2 Å². The Labute approximate surface area is 91.8 Å². The standard InChI is InChI=1S/C11H9N5/c1-8-5-10-11(13-6-8)16(15-14-10)9-3-2-4-12-7-9/h2-7H,1H3. The van der Waals surface area contributed by atoms with Gasteiger partial charge in [-0.15, -0.1) is 5.10 Å². The Hall–Kier alpha value is -2.30. The van der Waals surface area contributed by atoms with Gasteiger partial charge in [0.25, 0.3) is 0 Å². The molecule has 0 bridgehead atoms. The average Bonchev–Trinajstić information content (AvgIpc) is 2.73. The van der Waals surface area contributed by atoms with Crippen LogP contribution in [0.4, 0.5) is 0 Å². The first-order valence-electron chi connectivity index (χ1n) is 4.93. The monoisotopic (exact) mass is 211 g/mol. The van der Waals surface area contributed by atoms with Crippen LogP contribution >= 0.6 is 0 Å². The topological polar surface area (TPSA) is 56.5 Å². The zero-order valence-corrected chi connectivity index (χ0v) is 8.70. The number of rotatable bonds is 1. The Morgan fingerprint density at radius 3 is 3.00 bits per heavy atom. The minimum Gasteiger partial charge on any atom is -0.262 e. The summed E-state index contributed by atoms with van der Waals surface area (Å²) in [6, 6.07) is 5.74. The largest absolute Gasteiger partial charge is 0.262 e. The van der Waals surface area contributed by atoms with E-state index in [1.165, 1.54) is 0 Å². The average molecular weight is 211 g/mol. The second-order valence-corrected chi connectivity index (χ2v) is 3.57. The maximum atomic E-state index is 4.33. The number of nitrogens with zero attached hydrogens (tertiary/aromatic N) is 5. The van der Waals surface area contributed by atoms with Gasteiger partial charge in [-0.05, 0) is 30.7 Å². The molecule has 0 aliphatic rings. The lowest BCUT2D eigenvalue weighted by Gasteiger charge is -1.99. The van der Waals surface area contributed by atoms with Crippen LogP contribution in [-0.2, 0) is 0 Å². The van der Waals surface area contributed by atoms with E-state index in [4.69, 9.17) is 0 Å². The van der Waals surface area contributed by atoms with Gasteiger partial charge in [0.15, 0.2) is 5.65 Å². The van der Waals surface area contributed by atoms with Crippen molar-refractivity contribution in [1.82, 2.24) is 25.0 Å². The van der Waals surface area contributed by atoms with E-state index in [9.17, 15) is 0 Å². The molecule has 3 heterocycles. The summed E-state index contributed by atoms with van der Waals surface area (Å²) < 4.78 is 1.68. The summed E-state index contributed by atoms with van der Waals surface area (Å²) in [6.45, 7) is 1.98. The van der Waals surface area contributed by atoms with E-state index in [1.54, 1.807) is 23.3 Å². The molecular weight excluding hydrogens is 202 g/mol. The Kier molecular flexibility index (Phi) is 1.89. The molecule has 5 nitrogen and oxygen atoms in total. The predicted molar refractivity (Wildman–Crippen MR) is 59.2 cm³/mol. The number of fused-ring (bicyclic) bond motifs is 1. The summed E-state index contributed by atoms with van der Waals surface area (Å²) in [6.07, 6.45) is 5.26. The number of aryl methyl sites for hydroxylation is 1. The molecule has 5 heteroatoms. The first-order valence-corrected chi connectivity index (χ1v) is 4.93. The minimum atomic E-state index is 0.749. The van der Waals surface area contributed by atoms with E-state index >= 15 is 0 Å². The Morgan fingerprint density at radius 1 is 1.25 bits per heavy atom. The number of pyridine rings is 2. The Morgan fingerprint density at radius 2 is 2.19 bits per heavy atom. The minimum absolute atomic E-state index is 0.749.